The molecule has 3 nitrogen and oxygen atoms in total. The second kappa shape index (κ2) is 7.55. The zero-order valence-electron chi connectivity index (χ0n) is 13.5. The van der Waals surface area contributed by atoms with E-state index in [1.54, 1.807) is 48.5 Å². The van der Waals surface area contributed by atoms with Crippen molar-refractivity contribution >= 4 is 15.6 Å². The van der Waals surface area contributed by atoms with Crippen LogP contribution in [0.2, 0.25) is 0 Å². The normalized spacial score (nSPS) is 12.8. The molecule has 0 N–H and O–H groups in total. The number of hydrogen-bond acceptors (Lipinski definition) is 3. The molecule has 0 fully saturated rings. The fourth-order valence-corrected chi connectivity index (χ4v) is 4.38. The van der Waals surface area contributed by atoms with Crippen molar-refractivity contribution in [2.75, 3.05) is 0 Å². The molecule has 0 amide bonds. The Morgan fingerprint density at radius 2 is 1.61 bits per heavy atom. The highest BCUT2D eigenvalue weighted by Gasteiger charge is 2.29. The van der Waals surface area contributed by atoms with Crippen molar-refractivity contribution in [2.45, 2.75) is 43.3 Å². The molecule has 0 aromatic heterocycles. The summed E-state index contributed by atoms with van der Waals surface area (Å²) in [6.45, 7) is 3.85. The first-order valence-electron chi connectivity index (χ1n) is 7.84. The second-order valence-corrected chi connectivity index (χ2v) is 7.99. The van der Waals surface area contributed by atoms with E-state index in [0.717, 1.165) is 12.0 Å². The van der Waals surface area contributed by atoms with E-state index in [2.05, 4.69) is 0 Å². The van der Waals surface area contributed by atoms with Crippen LogP contribution in [0.25, 0.3) is 0 Å². The number of Topliss-reactive ketones (excluding diaryl/α,β-unsaturated/α-hetero) is 1. The summed E-state index contributed by atoms with van der Waals surface area (Å²) in [5.74, 6) is -0.125. The number of aryl methyl sites for hydroxylation is 1. The van der Waals surface area contributed by atoms with E-state index < -0.39 is 15.1 Å². The maximum atomic E-state index is 12.8. The van der Waals surface area contributed by atoms with Crippen LogP contribution in [-0.4, -0.2) is 19.5 Å². The third kappa shape index (κ3) is 4.29. The molecule has 0 aliphatic rings. The van der Waals surface area contributed by atoms with Crippen molar-refractivity contribution < 1.29 is 13.2 Å². The Bertz CT molecular complexity index is 747. The van der Waals surface area contributed by atoms with Gasteiger partial charge in [0, 0.05) is 12.0 Å². The molecule has 0 saturated heterocycles. The number of carbonyl (C=O) groups is 1. The monoisotopic (exact) mass is 330 g/mol. The molecule has 0 aliphatic heterocycles. The summed E-state index contributed by atoms with van der Waals surface area (Å²) in [6, 6.07) is 15.7. The summed E-state index contributed by atoms with van der Waals surface area (Å²) in [6.07, 6.45) is 1.22. The second-order valence-electron chi connectivity index (χ2n) is 5.76. The summed E-state index contributed by atoms with van der Waals surface area (Å²) < 4.78 is 25.7. The van der Waals surface area contributed by atoms with Crippen molar-refractivity contribution in [3.8, 4) is 0 Å². The molecule has 4 heteroatoms. The lowest BCUT2D eigenvalue weighted by Crippen LogP contribution is -2.25. The zero-order valence-corrected chi connectivity index (χ0v) is 14.3. The highest BCUT2D eigenvalue weighted by Crippen LogP contribution is 2.24. The molecule has 122 valence electrons. The quantitative estimate of drug-likeness (QED) is 0.715. The molecule has 0 saturated carbocycles. The van der Waals surface area contributed by atoms with Gasteiger partial charge in [0.1, 0.15) is 0 Å². The Morgan fingerprint density at radius 1 is 1.00 bits per heavy atom. The first-order chi connectivity index (χ1) is 10.9. The summed E-state index contributed by atoms with van der Waals surface area (Å²) in [5, 5.41) is -0.678. The predicted octanol–water partition coefficient (Wildman–Crippen LogP) is 4.21. The third-order valence-corrected chi connectivity index (χ3v) is 6.12. The van der Waals surface area contributed by atoms with Crippen molar-refractivity contribution in [2.24, 2.45) is 0 Å². The van der Waals surface area contributed by atoms with Gasteiger partial charge in [0.15, 0.2) is 15.6 Å². The average Bonchev–Trinajstić information content (AvgIpc) is 2.55. The van der Waals surface area contributed by atoms with E-state index in [4.69, 9.17) is 0 Å². The molecule has 0 heterocycles. The minimum Gasteiger partial charge on any atom is -0.294 e. The zero-order chi connectivity index (χ0) is 16.9. The van der Waals surface area contributed by atoms with E-state index in [1.165, 1.54) is 0 Å². The van der Waals surface area contributed by atoms with Crippen LogP contribution in [0, 0.1) is 6.92 Å². The summed E-state index contributed by atoms with van der Waals surface area (Å²) in [5.41, 5.74) is 1.57. The van der Waals surface area contributed by atoms with Gasteiger partial charge in [0.25, 0.3) is 0 Å². The Morgan fingerprint density at radius 3 is 2.17 bits per heavy atom. The number of sulfone groups is 1. The van der Waals surface area contributed by atoms with Crippen LogP contribution in [0.15, 0.2) is 59.5 Å². The van der Waals surface area contributed by atoms with Gasteiger partial charge in [-0.1, -0.05) is 61.4 Å². The van der Waals surface area contributed by atoms with Gasteiger partial charge in [-0.3, -0.25) is 4.79 Å². The van der Waals surface area contributed by atoms with Gasteiger partial charge in [-0.15, -0.1) is 0 Å². The minimum absolute atomic E-state index is 0.0219. The molecule has 0 bridgehead atoms. The minimum atomic E-state index is -3.50. The smallest absolute Gasteiger partial charge is 0.181 e. The van der Waals surface area contributed by atoms with E-state index in [0.29, 0.717) is 16.9 Å². The molecule has 2 aromatic rings. The predicted molar refractivity (Wildman–Crippen MR) is 92.5 cm³/mol. The van der Waals surface area contributed by atoms with Gasteiger partial charge in [-0.25, -0.2) is 8.42 Å². The first-order valence-corrected chi connectivity index (χ1v) is 9.38. The van der Waals surface area contributed by atoms with E-state index in [1.807, 2.05) is 19.9 Å². The lowest BCUT2D eigenvalue weighted by molar-refractivity contribution is 0.0980. The fourth-order valence-electron chi connectivity index (χ4n) is 2.56. The van der Waals surface area contributed by atoms with Crippen LogP contribution in [-0.2, 0) is 9.84 Å². The van der Waals surface area contributed by atoms with Gasteiger partial charge in [-0.2, -0.15) is 0 Å². The fraction of sp³-hybridized carbons (Fsp3) is 0.316. The Hall–Kier alpha value is -1.94. The molecular weight excluding hydrogens is 308 g/mol. The van der Waals surface area contributed by atoms with Crippen molar-refractivity contribution in [3.05, 3.63) is 65.7 Å². The number of ketones is 1. The largest absolute Gasteiger partial charge is 0.294 e. The Balaban J connectivity index is 2.27. The Labute approximate surface area is 138 Å². The van der Waals surface area contributed by atoms with E-state index in [9.17, 15) is 13.2 Å². The maximum absolute atomic E-state index is 12.8. The van der Waals surface area contributed by atoms with Crippen LogP contribution >= 0.6 is 0 Å². The van der Waals surface area contributed by atoms with Gasteiger partial charge in [0.2, 0.25) is 0 Å². The number of hydrogen-bond donors (Lipinski definition) is 0. The molecule has 23 heavy (non-hydrogen) atoms. The summed E-state index contributed by atoms with van der Waals surface area (Å²) in [7, 11) is -3.50. The topological polar surface area (TPSA) is 51.2 Å². The highest BCUT2D eigenvalue weighted by atomic mass is 32.2. The van der Waals surface area contributed by atoms with Crippen LogP contribution in [0.3, 0.4) is 0 Å². The average molecular weight is 330 g/mol. The van der Waals surface area contributed by atoms with Crippen LogP contribution < -0.4 is 0 Å². The molecule has 1 atom stereocenters. The summed E-state index contributed by atoms with van der Waals surface area (Å²) >= 11 is 0. The van der Waals surface area contributed by atoms with Crippen molar-refractivity contribution in [1.82, 2.24) is 0 Å². The SMILES string of the molecule is CCCC(CC(=O)c1ccccc1)S(=O)(=O)c1ccc(C)cc1. The Kier molecular flexibility index (Phi) is 5.72. The number of benzene rings is 2. The van der Waals surface area contributed by atoms with Crippen molar-refractivity contribution in [3.63, 3.8) is 0 Å². The molecule has 0 aliphatic carbocycles. The van der Waals surface area contributed by atoms with Crippen LogP contribution in [0.5, 0.6) is 0 Å². The van der Waals surface area contributed by atoms with Gasteiger partial charge < -0.3 is 0 Å². The van der Waals surface area contributed by atoms with Gasteiger partial charge in [0.05, 0.1) is 10.1 Å². The van der Waals surface area contributed by atoms with Gasteiger partial charge >= 0.3 is 0 Å². The van der Waals surface area contributed by atoms with Crippen LogP contribution in [0.1, 0.15) is 42.1 Å². The summed E-state index contributed by atoms with van der Waals surface area (Å²) in [4.78, 5) is 12.7. The third-order valence-electron chi connectivity index (χ3n) is 3.91. The lowest BCUT2D eigenvalue weighted by Gasteiger charge is -2.17. The molecule has 0 radical (unpaired) electrons. The van der Waals surface area contributed by atoms with Crippen molar-refractivity contribution in [1.29, 1.82) is 0 Å². The van der Waals surface area contributed by atoms with E-state index in [-0.39, 0.29) is 12.2 Å². The standard InChI is InChI=1S/C19H22O3S/c1-3-7-18(14-19(20)16-8-5-4-6-9-16)23(21,22)17-12-10-15(2)11-13-17/h4-6,8-13,18H,3,7,14H2,1-2H3. The molecule has 1 unspecified atom stereocenters. The highest BCUT2D eigenvalue weighted by molar-refractivity contribution is 7.92. The first kappa shape index (κ1) is 17.4. The van der Waals surface area contributed by atoms with E-state index >= 15 is 0 Å². The molecule has 0 spiro atoms. The van der Waals surface area contributed by atoms with Gasteiger partial charge in [-0.05, 0) is 25.5 Å². The molecule has 2 aromatic carbocycles. The molecule has 2 rings (SSSR count). The maximum Gasteiger partial charge on any atom is 0.181 e. The molecular formula is C19H22O3S. The van der Waals surface area contributed by atoms with Crippen LogP contribution in [0.4, 0.5) is 0 Å². The number of carbonyl (C=O) groups excluding carboxylic acids is 1. The number of rotatable bonds is 7. The lowest BCUT2D eigenvalue weighted by atomic mass is 10.0.